The number of anilines is 2. The van der Waals surface area contributed by atoms with E-state index in [1.54, 1.807) is 31.2 Å². The second kappa shape index (κ2) is 11.3. The van der Waals surface area contributed by atoms with Gasteiger partial charge < -0.3 is 10.9 Å². The van der Waals surface area contributed by atoms with Gasteiger partial charge in [0.25, 0.3) is 17.8 Å². The third-order valence-corrected chi connectivity index (χ3v) is 5.04. The van der Waals surface area contributed by atoms with Crippen LogP contribution in [0.3, 0.4) is 0 Å². The Morgan fingerprint density at radius 1 is 0.947 bits per heavy atom. The summed E-state index contributed by atoms with van der Waals surface area (Å²) in [7, 11) is 0. The van der Waals surface area contributed by atoms with Crippen molar-refractivity contribution < 1.29 is 33.0 Å². The van der Waals surface area contributed by atoms with Gasteiger partial charge >= 0.3 is 6.36 Å². The van der Waals surface area contributed by atoms with Crippen LogP contribution in [0, 0.1) is 6.92 Å². The molecule has 4 rings (SSSR count). The molecule has 0 saturated heterocycles. The Hall–Kier alpha value is -5.11. The summed E-state index contributed by atoms with van der Waals surface area (Å²) in [5.41, 5.74) is 7.29. The van der Waals surface area contributed by atoms with E-state index in [0.717, 1.165) is 22.4 Å². The van der Waals surface area contributed by atoms with E-state index in [1.165, 1.54) is 36.4 Å². The molecule has 0 bridgehead atoms. The van der Waals surface area contributed by atoms with Gasteiger partial charge in [0.05, 0.1) is 5.69 Å². The predicted octanol–water partition coefficient (Wildman–Crippen LogP) is 3.98. The van der Waals surface area contributed by atoms with Crippen molar-refractivity contribution in [1.82, 2.24) is 20.9 Å². The van der Waals surface area contributed by atoms with Crippen LogP contribution in [-0.2, 0) is 0 Å². The molecule has 0 aliphatic rings. The average molecular weight is 527 g/mol. The largest absolute Gasteiger partial charge is 0.573 e. The molecule has 0 saturated carbocycles. The Labute approximate surface area is 213 Å². The monoisotopic (exact) mass is 527 g/mol. The van der Waals surface area contributed by atoms with Crippen LogP contribution >= 0.6 is 0 Å². The van der Waals surface area contributed by atoms with Crippen LogP contribution < -0.4 is 27.1 Å². The van der Waals surface area contributed by atoms with Crippen molar-refractivity contribution in [3.63, 3.8) is 0 Å². The van der Waals surface area contributed by atoms with Crippen LogP contribution in [0.1, 0.15) is 26.3 Å². The number of ether oxygens (including phenoxy) is 1. The number of aryl methyl sites for hydroxylation is 1. The predicted molar refractivity (Wildman–Crippen MR) is 131 cm³/mol. The SMILES string of the molecule is Cc1ccccc1C(=O)Nc1nc(NC(=O)c2ccc(N=[NH2+])cc2)n(-c2ccc(OC(F)(F)F)cc2)n1.N. The van der Waals surface area contributed by atoms with E-state index in [1.807, 2.05) is 0 Å². The maximum Gasteiger partial charge on any atom is 0.573 e. The van der Waals surface area contributed by atoms with Crippen LogP contribution in [0.2, 0.25) is 0 Å². The lowest BCUT2D eigenvalue weighted by atomic mass is 10.1. The maximum atomic E-state index is 12.8. The molecule has 1 aromatic heterocycles. The zero-order valence-corrected chi connectivity index (χ0v) is 19.9. The molecule has 14 heteroatoms. The molecule has 7 N–H and O–H groups in total. The number of nitrogens with two attached hydrogens (primary N) is 1. The molecule has 4 aromatic rings. The topological polar surface area (TPSA) is 171 Å². The van der Waals surface area contributed by atoms with Crippen molar-refractivity contribution in [3.05, 3.63) is 89.5 Å². The fourth-order valence-electron chi connectivity index (χ4n) is 3.28. The highest BCUT2D eigenvalue weighted by Crippen LogP contribution is 2.25. The standard InChI is InChI=1S/C24H18F3N7O3.H3N/c1-14-4-2-3-5-19(14)21(36)29-22-31-23(30-20(35)15-6-8-16(32-28)9-7-15)34(33-22)17-10-12-18(13-11-17)37-24(25,26)27;/h2-13,28H,1H3,(H2,29,30,31,33,35,36);1H3/p+1. The molecule has 0 spiro atoms. The third-order valence-electron chi connectivity index (χ3n) is 5.04. The summed E-state index contributed by atoms with van der Waals surface area (Å²) < 4.78 is 42.6. The number of aromatic nitrogens is 3. The number of amides is 2. The zero-order chi connectivity index (χ0) is 26.6. The Bertz CT molecular complexity index is 1450. The molecular formula is C24H22F3N8O3+. The summed E-state index contributed by atoms with van der Waals surface area (Å²) in [6.45, 7) is 1.76. The molecule has 11 nitrogen and oxygen atoms in total. The highest BCUT2D eigenvalue weighted by Gasteiger charge is 2.31. The molecule has 0 atom stereocenters. The maximum absolute atomic E-state index is 12.8. The number of benzene rings is 3. The van der Waals surface area contributed by atoms with Crippen molar-refractivity contribution in [2.45, 2.75) is 13.3 Å². The van der Waals surface area contributed by atoms with Gasteiger partial charge in [0, 0.05) is 11.1 Å². The number of nitrogens with zero attached hydrogens (tertiary/aromatic N) is 4. The van der Waals surface area contributed by atoms with E-state index < -0.39 is 23.9 Å². The highest BCUT2D eigenvalue weighted by atomic mass is 19.4. The van der Waals surface area contributed by atoms with E-state index in [-0.39, 0.29) is 29.3 Å². The van der Waals surface area contributed by atoms with E-state index in [4.69, 9.17) is 5.53 Å². The lowest BCUT2D eigenvalue weighted by Crippen LogP contribution is -2.22. The molecule has 38 heavy (non-hydrogen) atoms. The number of carbonyl (C=O) groups is 2. The summed E-state index contributed by atoms with van der Waals surface area (Å²) >= 11 is 0. The molecular weight excluding hydrogens is 505 g/mol. The summed E-state index contributed by atoms with van der Waals surface area (Å²) in [4.78, 5) is 29.8. The number of alkyl halides is 3. The van der Waals surface area contributed by atoms with E-state index in [0.29, 0.717) is 11.3 Å². The van der Waals surface area contributed by atoms with Crippen molar-refractivity contribution >= 4 is 29.4 Å². The summed E-state index contributed by atoms with van der Waals surface area (Å²) in [5.74, 6) is -1.73. The Kier molecular flexibility index (Phi) is 8.17. The molecule has 0 fully saturated rings. The lowest BCUT2D eigenvalue weighted by molar-refractivity contribution is -0.274. The Morgan fingerprint density at radius 2 is 1.61 bits per heavy atom. The second-order valence-corrected chi connectivity index (χ2v) is 7.61. The molecule has 3 aromatic carbocycles. The number of nitrogens with one attached hydrogen (secondary N) is 2. The molecule has 0 radical (unpaired) electrons. The van der Waals surface area contributed by atoms with Crippen LogP contribution in [0.15, 0.2) is 77.9 Å². The fraction of sp³-hybridized carbons (Fsp3) is 0.0833. The first-order chi connectivity index (χ1) is 17.6. The smallest absolute Gasteiger partial charge is 0.406 e. The quantitative estimate of drug-likeness (QED) is 0.265. The van der Waals surface area contributed by atoms with E-state index in [2.05, 4.69) is 30.6 Å². The van der Waals surface area contributed by atoms with Gasteiger partial charge in [-0.1, -0.05) is 18.2 Å². The minimum Gasteiger partial charge on any atom is -0.406 e. The van der Waals surface area contributed by atoms with Gasteiger partial charge in [0.15, 0.2) is 0 Å². The summed E-state index contributed by atoms with van der Waals surface area (Å²) in [5, 5.41) is 12.9. The van der Waals surface area contributed by atoms with Crippen LogP contribution in [-0.4, -0.2) is 32.9 Å². The second-order valence-electron chi connectivity index (χ2n) is 7.61. The van der Waals surface area contributed by atoms with Gasteiger partial charge in [-0.25, -0.2) is 0 Å². The average Bonchev–Trinajstić information content (AvgIpc) is 3.25. The Morgan fingerprint density at radius 3 is 2.21 bits per heavy atom. The molecule has 0 aliphatic carbocycles. The molecule has 1 heterocycles. The van der Waals surface area contributed by atoms with E-state index in [9.17, 15) is 22.8 Å². The molecule has 196 valence electrons. The Balaban J connectivity index is 0.00000400. The minimum absolute atomic E-state index is 0. The van der Waals surface area contributed by atoms with Gasteiger partial charge in [-0.2, -0.15) is 15.2 Å². The number of hydrogen-bond acceptors (Lipinski definition) is 7. The highest BCUT2D eigenvalue weighted by molar-refractivity contribution is 6.05. The molecule has 0 unspecified atom stereocenters. The first-order valence-electron chi connectivity index (χ1n) is 10.7. The minimum atomic E-state index is -4.85. The first kappa shape index (κ1) is 27.5. The number of carbonyl (C=O) groups excluding carboxylic acids is 2. The zero-order valence-electron chi connectivity index (χ0n) is 19.9. The molecule has 0 aliphatic heterocycles. The van der Waals surface area contributed by atoms with Crippen molar-refractivity contribution in [1.29, 1.82) is 0 Å². The third kappa shape index (κ3) is 6.55. The van der Waals surface area contributed by atoms with Crippen molar-refractivity contribution in [3.8, 4) is 11.4 Å². The van der Waals surface area contributed by atoms with Gasteiger partial charge in [0.2, 0.25) is 5.95 Å². The van der Waals surface area contributed by atoms with Crippen molar-refractivity contribution in [2.75, 3.05) is 10.6 Å². The lowest BCUT2D eigenvalue weighted by Gasteiger charge is -2.10. The van der Waals surface area contributed by atoms with Crippen molar-refractivity contribution in [2.24, 2.45) is 5.11 Å². The fourth-order valence-corrected chi connectivity index (χ4v) is 3.28. The van der Waals surface area contributed by atoms with Gasteiger partial charge in [-0.05, 0) is 72.2 Å². The number of halogens is 3. The normalized spacial score (nSPS) is 10.7. The van der Waals surface area contributed by atoms with Crippen LogP contribution in [0.4, 0.5) is 30.8 Å². The van der Waals surface area contributed by atoms with Gasteiger partial charge in [-0.3, -0.25) is 20.2 Å². The first-order valence-corrected chi connectivity index (χ1v) is 10.7. The number of hydrogen-bond donors (Lipinski definition) is 4. The number of rotatable bonds is 7. The summed E-state index contributed by atoms with van der Waals surface area (Å²) in [6, 6.07) is 17.7. The van der Waals surface area contributed by atoms with Crippen LogP contribution in [0.25, 0.3) is 5.69 Å². The van der Waals surface area contributed by atoms with Gasteiger partial charge in [0.1, 0.15) is 11.4 Å². The van der Waals surface area contributed by atoms with Crippen LogP contribution in [0.5, 0.6) is 5.75 Å². The van der Waals surface area contributed by atoms with E-state index >= 15 is 0 Å². The van der Waals surface area contributed by atoms with Gasteiger partial charge in [-0.15, -0.1) is 18.3 Å². The molecule has 2 amide bonds. The summed E-state index contributed by atoms with van der Waals surface area (Å²) in [6.07, 6.45) is -4.85.